The minimum absolute atomic E-state index is 0.0238. The predicted octanol–water partition coefficient (Wildman–Crippen LogP) is 2.00. The van der Waals surface area contributed by atoms with E-state index in [0.29, 0.717) is 0 Å². The van der Waals surface area contributed by atoms with Crippen LogP contribution in [-0.4, -0.2) is 28.1 Å². The van der Waals surface area contributed by atoms with E-state index in [1.54, 1.807) is 24.3 Å². The number of esters is 1. The van der Waals surface area contributed by atoms with E-state index in [9.17, 15) is 14.4 Å². The van der Waals surface area contributed by atoms with Crippen molar-refractivity contribution in [2.45, 2.75) is 26.4 Å². The summed E-state index contributed by atoms with van der Waals surface area (Å²) in [5, 5.41) is 17.5. The molecule has 0 amide bonds. The van der Waals surface area contributed by atoms with Crippen molar-refractivity contribution in [1.82, 2.24) is 0 Å². The summed E-state index contributed by atoms with van der Waals surface area (Å²) < 4.78 is 5.05. The molecule has 2 N–H and O–H groups in total. The van der Waals surface area contributed by atoms with E-state index in [1.807, 2.05) is 6.07 Å². The van der Waals surface area contributed by atoms with E-state index in [4.69, 9.17) is 14.9 Å². The van der Waals surface area contributed by atoms with E-state index in [-0.39, 0.29) is 17.8 Å². The highest BCUT2D eigenvalue weighted by molar-refractivity contribution is 5.91. The molecule has 0 aliphatic rings. The van der Waals surface area contributed by atoms with Gasteiger partial charge in [-0.2, -0.15) is 0 Å². The lowest BCUT2D eigenvalue weighted by atomic mass is 10.0. The molecule has 0 aliphatic heterocycles. The molecule has 6 heteroatoms. The van der Waals surface area contributed by atoms with Crippen molar-refractivity contribution in [3.05, 3.63) is 47.0 Å². The third kappa shape index (κ3) is 5.90. The molecule has 0 spiro atoms. The summed E-state index contributed by atoms with van der Waals surface area (Å²) >= 11 is 0. The molecule has 0 atom stereocenters. The fourth-order valence-electron chi connectivity index (χ4n) is 1.67. The van der Waals surface area contributed by atoms with Crippen molar-refractivity contribution in [2.24, 2.45) is 0 Å². The molecule has 0 aromatic heterocycles. The normalized spacial score (nSPS) is 9.76. The van der Waals surface area contributed by atoms with Gasteiger partial charge >= 0.3 is 17.9 Å². The quantitative estimate of drug-likeness (QED) is 0.588. The number of aliphatic carboxylic acids is 2. The average Bonchev–Trinajstić information content (AvgIpc) is 2.43. The van der Waals surface area contributed by atoms with Gasteiger partial charge in [0.05, 0.1) is 12.8 Å². The minimum Gasteiger partial charge on any atom is -0.481 e. The Hall–Kier alpha value is -2.63. The molecule has 21 heavy (non-hydrogen) atoms. The maximum atomic E-state index is 11.9. The van der Waals surface area contributed by atoms with Gasteiger partial charge in [0.2, 0.25) is 0 Å². The minimum atomic E-state index is -1.19. The number of carboxylic acids is 2. The van der Waals surface area contributed by atoms with Gasteiger partial charge in [0, 0.05) is 5.57 Å². The molecule has 0 bridgehead atoms. The van der Waals surface area contributed by atoms with Crippen LogP contribution in [0.4, 0.5) is 0 Å². The van der Waals surface area contributed by atoms with Crippen LogP contribution in [0, 0.1) is 0 Å². The molecule has 0 heterocycles. The SMILES string of the molecule is CC(C(=O)OCc1ccccc1)=C(CC(=O)O)CC(=O)O. The number of ether oxygens (including phenoxy) is 1. The highest BCUT2D eigenvalue weighted by Gasteiger charge is 2.17. The largest absolute Gasteiger partial charge is 0.481 e. The molecule has 1 aromatic rings. The monoisotopic (exact) mass is 292 g/mol. The lowest BCUT2D eigenvalue weighted by Gasteiger charge is -2.09. The number of benzene rings is 1. The molecule has 0 radical (unpaired) electrons. The number of hydrogen-bond donors (Lipinski definition) is 2. The Bertz CT molecular complexity index is 541. The number of carbonyl (C=O) groups excluding carboxylic acids is 1. The Labute approximate surface area is 121 Å². The van der Waals surface area contributed by atoms with Gasteiger partial charge in [-0.1, -0.05) is 30.3 Å². The zero-order chi connectivity index (χ0) is 15.8. The fraction of sp³-hybridized carbons (Fsp3) is 0.267. The summed E-state index contributed by atoms with van der Waals surface area (Å²) in [7, 11) is 0. The van der Waals surface area contributed by atoms with Crippen LogP contribution in [0.3, 0.4) is 0 Å². The van der Waals surface area contributed by atoms with Crippen LogP contribution in [0.25, 0.3) is 0 Å². The summed E-state index contributed by atoms with van der Waals surface area (Å²) in [5.74, 6) is -3.10. The summed E-state index contributed by atoms with van der Waals surface area (Å²) in [6, 6.07) is 8.98. The molecule has 0 fully saturated rings. The van der Waals surface area contributed by atoms with Crippen molar-refractivity contribution < 1.29 is 29.3 Å². The smallest absolute Gasteiger partial charge is 0.334 e. The molecule has 0 aliphatic carbocycles. The zero-order valence-electron chi connectivity index (χ0n) is 11.5. The van der Waals surface area contributed by atoms with E-state index >= 15 is 0 Å². The lowest BCUT2D eigenvalue weighted by Crippen LogP contribution is -2.12. The topological polar surface area (TPSA) is 101 Å². The van der Waals surface area contributed by atoms with Gasteiger partial charge in [0.1, 0.15) is 6.61 Å². The Balaban J connectivity index is 2.77. The Kier molecular flexibility index (Phi) is 6.13. The van der Waals surface area contributed by atoms with Crippen LogP contribution < -0.4 is 0 Å². The molecule has 1 rings (SSSR count). The number of carboxylic acid groups (broad SMARTS) is 2. The molecule has 1 aromatic carbocycles. The van der Waals surface area contributed by atoms with Crippen molar-refractivity contribution in [3.63, 3.8) is 0 Å². The zero-order valence-corrected chi connectivity index (χ0v) is 11.5. The van der Waals surface area contributed by atoms with Gasteiger partial charge in [0.25, 0.3) is 0 Å². The fourth-order valence-corrected chi connectivity index (χ4v) is 1.67. The van der Waals surface area contributed by atoms with Crippen LogP contribution in [0.2, 0.25) is 0 Å². The summed E-state index contributed by atoms with van der Waals surface area (Å²) in [5.41, 5.74) is 0.848. The second-order valence-electron chi connectivity index (χ2n) is 4.43. The van der Waals surface area contributed by atoms with Gasteiger partial charge in [0.15, 0.2) is 0 Å². The molecular formula is C15H16O6. The highest BCUT2D eigenvalue weighted by atomic mass is 16.5. The first-order valence-corrected chi connectivity index (χ1v) is 6.23. The van der Waals surface area contributed by atoms with Crippen molar-refractivity contribution in [3.8, 4) is 0 Å². The molecule has 112 valence electrons. The second-order valence-corrected chi connectivity index (χ2v) is 4.43. The Morgan fingerprint density at radius 2 is 1.52 bits per heavy atom. The van der Waals surface area contributed by atoms with Gasteiger partial charge in [-0.25, -0.2) is 4.79 Å². The Morgan fingerprint density at radius 3 is 2.00 bits per heavy atom. The second kappa shape index (κ2) is 7.84. The number of rotatable bonds is 7. The molecule has 0 saturated heterocycles. The van der Waals surface area contributed by atoms with Crippen LogP contribution in [-0.2, 0) is 25.7 Å². The van der Waals surface area contributed by atoms with Gasteiger partial charge < -0.3 is 14.9 Å². The molecular weight excluding hydrogens is 276 g/mol. The van der Waals surface area contributed by atoms with Gasteiger partial charge in [-0.15, -0.1) is 0 Å². The van der Waals surface area contributed by atoms with E-state index in [0.717, 1.165) is 5.56 Å². The number of hydrogen-bond acceptors (Lipinski definition) is 4. The van der Waals surface area contributed by atoms with Crippen LogP contribution in [0.5, 0.6) is 0 Å². The number of carbonyl (C=O) groups is 3. The first-order chi connectivity index (χ1) is 9.90. The van der Waals surface area contributed by atoms with Crippen molar-refractivity contribution >= 4 is 17.9 Å². The van der Waals surface area contributed by atoms with Crippen LogP contribution in [0.1, 0.15) is 25.3 Å². The van der Waals surface area contributed by atoms with E-state index in [1.165, 1.54) is 6.92 Å². The third-order valence-corrected chi connectivity index (χ3v) is 2.78. The van der Waals surface area contributed by atoms with E-state index in [2.05, 4.69) is 0 Å². The van der Waals surface area contributed by atoms with Crippen LogP contribution in [0.15, 0.2) is 41.5 Å². The predicted molar refractivity (Wildman–Crippen MR) is 73.4 cm³/mol. The molecule has 6 nitrogen and oxygen atoms in total. The summed E-state index contributed by atoms with van der Waals surface area (Å²) in [6.45, 7) is 1.42. The lowest BCUT2D eigenvalue weighted by molar-refractivity contribution is -0.140. The van der Waals surface area contributed by atoms with Crippen molar-refractivity contribution in [2.75, 3.05) is 0 Å². The maximum absolute atomic E-state index is 11.9. The first kappa shape index (κ1) is 16.4. The summed E-state index contributed by atoms with van der Waals surface area (Å²) in [6.07, 6.45) is -1.00. The molecule has 0 unspecified atom stereocenters. The molecule has 0 saturated carbocycles. The standard InChI is InChI=1S/C15H16O6/c1-10(12(7-13(16)17)8-14(18)19)15(20)21-9-11-5-3-2-4-6-11/h2-6H,7-9H2,1H3,(H,16,17)(H,18,19). The summed E-state index contributed by atoms with van der Waals surface area (Å²) in [4.78, 5) is 33.3. The van der Waals surface area contributed by atoms with Gasteiger partial charge in [-0.3, -0.25) is 9.59 Å². The highest BCUT2D eigenvalue weighted by Crippen LogP contribution is 2.15. The van der Waals surface area contributed by atoms with E-state index < -0.39 is 30.7 Å². The Morgan fingerprint density at radius 1 is 1.00 bits per heavy atom. The average molecular weight is 292 g/mol. The van der Waals surface area contributed by atoms with Crippen molar-refractivity contribution in [1.29, 1.82) is 0 Å². The maximum Gasteiger partial charge on any atom is 0.334 e. The first-order valence-electron chi connectivity index (χ1n) is 6.23. The van der Waals surface area contributed by atoms with Gasteiger partial charge in [-0.05, 0) is 18.1 Å². The van der Waals surface area contributed by atoms with Crippen LogP contribution >= 0.6 is 0 Å². The third-order valence-electron chi connectivity index (χ3n) is 2.78.